The number of carbonyl (C=O) groups excluding carboxylic acids is 1. The number of H-pyrrole nitrogens is 1. The molecule has 1 aromatic heterocycles. The molecule has 596 valence electrons. The van der Waals surface area contributed by atoms with Crippen LogP contribution in [0.2, 0.25) is 0 Å². The van der Waals surface area contributed by atoms with Gasteiger partial charge in [-0.05, 0) is 208 Å². The standard InChI is InChI=1S/C29H25N7.C28H18N2.C26H18Br2.C14H11BrO.C13H12/c1-3-7-20(8-4-1)26(21-9-5-2-6-10-21)27(22-11-15-24(16-12-22)28-30-19-31-32-28)23-13-17-25(18-14-23)29-33-35-36-34-29;29-19-21-11-15-25(16-12-21)28(26-17-13-22(20-30)14-18-26)27(23-7-3-1-4-8-23)24-9-5-2-6-10-24;27-23-15-11-21(12-16-23)26(22-13-17-24(28)18-14-22)25(19-7-3-1-4-8-19)20-9-5-2-6-10-20;1-10-2-4-11(5-3-10)14(16)12-6-8-13(15)9-7-12;1-3-7-12(8-4-1)11-13-9-5-2-6-10-13/h1-18,28,30-32H,19H2,(H,33,34,35,36);1-18H;1-18H;2-9H,1H3;1-10H,11H2. The van der Waals surface area contributed by atoms with Gasteiger partial charge in [0.05, 0.1) is 36.1 Å². The predicted molar refractivity (Wildman–Crippen MR) is 512 cm³/mol. The summed E-state index contributed by atoms with van der Waals surface area (Å²) in [6.45, 7) is 2.74. The van der Waals surface area contributed by atoms with Crippen molar-refractivity contribution in [3.63, 3.8) is 0 Å². The summed E-state index contributed by atoms with van der Waals surface area (Å²) in [5.74, 6) is 0.639. The number of nitriles is 2. The fourth-order valence-corrected chi connectivity index (χ4v) is 15.2. The topological polar surface area (TPSA) is 155 Å². The van der Waals surface area contributed by atoms with Gasteiger partial charge in [-0.15, -0.1) is 10.2 Å². The summed E-state index contributed by atoms with van der Waals surface area (Å²) in [4.78, 5) is 12.1. The van der Waals surface area contributed by atoms with Gasteiger partial charge in [0.15, 0.2) is 5.78 Å². The number of halogens is 3. The van der Waals surface area contributed by atoms with E-state index >= 15 is 0 Å². The van der Waals surface area contributed by atoms with E-state index in [4.69, 9.17) is 0 Å². The quantitative estimate of drug-likeness (QED) is 0.0485. The fourth-order valence-electron chi connectivity index (χ4n) is 14.4. The molecule has 0 aliphatic carbocycles. The van der Waals surface area contributed by atoms with Crippen molar-refractivity contribution in [3.05, 3.63) is 561 Å². The summed E-state index contributed by atoms with van der Waals surface area (Å²) in [7, 11) is 0. The Morgan fingerprint density at radius 2 is 0.585 bits per heavy atom. The van der Waals surface area contributed by atoms with Crippen molar-refractivity contribution in [1.82, 2.24) is 36.8 Å². The van der Waals surface area contributed by atoms with Crippen LogP contribution in [0.3, 0.4) is 0 Å². The van der Waals surface area contributed by atoms with Gasteiger partial charge >= 0.3 is 0 Å². The lowest BCUT2D eigenvalue weighted by atomic mass is 9.85. The zero-order valence-electron chi connectivity index (χ0n) is 67.3. The molecule has 18 rings (SSSR count). The number of carbonyl (C=O) groups is 1. The summed E-state index contributed by atoms with van der Waals surface area (Å²) in [5.41, 5.74) is 35.6. The lowest BCUT2D eigenvalue weighted by molar-refractivity contribution is 0.103. The van der Waals surface area contributed by atoms with Crippen LogP contribution in [0.25, 0.3) is 44.8 Å². The molecule has 0 amide bonds. The summed E-state index contributed by atoms with van der Waals surface area (Å²) < 4.78 is 3.13. The van der Waals surface area contributed by atoms with Crippen LogP contribution in [-0.2, 0) is 6.42 Å². The minimum atomic E-state index is 0.0625. The van der Waals surface area contributed by atoms with Crippen LogP contribution >= 0.6 is 47.8 Å². The van der Waals surface area contributed by atoms with Gasteiger partial charge in [0, 0.05) is 30.1 Å². The number of nitrogens with zero attached hydrogens (tertiary/aromatic N) is 5. The summed E-state index contributed by atoms with van der Waals surface area (Å²) in [6, 6.07) is 153. The number of hydrazine groups is 1. The zero-order valence-corrected chi connectivity index (χ0v) is 72.1. The van der Waals surface area contributed by atoms with Crippen molar-refractivity contribution in [1.29, 1.82) is 10.5 Å². The number of aromatic amines is 1. The van der Waals surface area contributed by atoms with E-state index in [0.29, 0.717) is 22.5 Å². The van der Waals surface area contributed by atoms with E-state index in [-0.39, 0.29) is 11.9 Å². The molecular formula is C110H84Br3N9O. The molecule has 1 atom stereocenters. The van der Waals surface area contributed by atoms with Gasteiger partial charge in [-0.3, -0.25) is 10.1 Å². The van der Waals surface area contributed by atoms with E-state index in [9.17, 15) is 15.3 Å². The maximum absolute atomic E-state index is 12.1. The van der Waals surface area contributed by atoms with E-state index in [1.165, 1.54) is 55.7 Å². The van der Waals surface area contributed by atoms with Gasteiger partial charge in [0.2, 0.25) is 5.82 Å². The fraction of sp³-hybridized carbons (Fsp3) is 0.0364. The molecule has 4 N–H and O–H groups in total. The summed E-state index contributed by atoms with van der Waals surface area (Å²) in [6.07, 6.45) is 1.12. The minimum Gasteiger partial charge on any atom is -0.289 e. The van der Waals surface area contributed by atoms with Gasteiger partial charge in [0.25, 0.3) is 0 Å². The summed E-state index contributed by atoms with van der Waals surface area (Å²) >= 11 is 10.5. The van der Waals surface area contributed by atoms with Crippen molar-refractivity contribution in [2.75, 3.05) is 6.67 Å². The molecule has 123 heavy (non-hydrogen) atoms. The highest BCUT2D eigenvalue weighted by atomic mass is 79.9. The van der Waals surface area contributed by atoms with E-state index in [0.717, 1.165) is 104 Å². The number of hydrogen-bond donors (Lipinski definition) is 4. The van der Waals surface area contributed by atoms with E-state index in [1.54, 1.807) is 0 Å². The Bertz CT molecular complexity index is 6080. The first-order chi connectivity index (χ1) is 60.5. The van der Waals surface area contributed by atoms with Crippen molar-refractivity contribution < 1.29 is 4.79 Å². The molecule has 0 bridgehead atoms. The maximum atomic E-state index is 12.1. The zero-order chi connectivity index (χ0) is 84.7. The first kappa shape index (κ1) is 85.2. The second-order valence-electron chi connectivity index (χ2n) is 28.8. The molecule has 0 spiro atoms. The van der Waals surface area contributed by atoms with Gasteiger partial charge < -0.3 is 0 Å². The largest absolute Gasteiger partial charge is 0.289 e. The predicted octanol–water partition coefficient (Wildman–Crippen LogP) is 26.4. The molecule has 1 saturated heterocycles. The third-order valence-corrected chi connectivity index (χ3v) is 22.0. The molecular weight excluding hydrogens is 1700 g/mol. The number of rotatable bonds is 18. The molecule has 1 aliphatic rings. The summed E-state index contributed by atoms with van der Waals surface area (Å²) in [5, 5.41) is 36.3. The Kier molecular flexibility index (Phi) is 30.2. The second-order valence-corrected chi connectivity index (χ2v) is 31.5. The Labute approximate surface area is 744 Å². The number of aromatic nitrogens is 4. The molecule has 10 nitrogen and oxygen atoms in total. The number of ketones is 1. The van der Waals surface area contributed by atoms with Crippen LogP contribution in [0.5, 0.6) is 0 Å². The first-order valence-corrected chi connectivity index (χ1v) is 42.6. The van der Waals surface area contributed by atoms with Crippen molar-refractivity contribution >= 4 is 87.0 Å². The molecule has 1 aliphatic heterocycles. The van der Waals surface area contributed by atoms with Crippen LogP contribution in [0, 0.1) is 29.6 Å². The maximum Gasteiger partial charge on any atom is 0.204 e. The average Bonchev–Trinajstić information content (AvgIpc) is 1.10. The average molecular weight is 1790 g/mol. The molecule has 16 aromatic carbocycles. The Balaban J connectivity index is 0.000000130. The van der Waals surface area contributed by atoms with Crippen LogP contribution in [-0.4, -0.2) is 33.1 Å². The highest BCUT2D eigenvalue weighted by molar-refractivity contribution is 9.11. The SMILES string of the molecule is Brc1ccc(C(=C(c2ccccc2)c2ccccc2)c2ccc(Br)cc2)cc1.Cc1ccc(C(=O)c2ccc(Br)cc2)cc1.N#Cc1ccc(C(=C(c2ccccc2)c2ccccc2)c2ccc(C#N)cc2)cc1.c1ccc(C(=C(c2ccc(-c3nn[nH]n3)cc2)c2ccc(C3NCNN3)cc2)c2ccccc2)cc1.c1ccc(Cc2ccccc2)cc1. The molecule has 1 fully saturated rings. The Hall–Kier alpha value is -14.2. The van der Waals surface area contributed by atoms with E-state index in [2.05, 4.69) is 388 Å². The highest BCUT2D eigenvalue weighted by Gasteiger charge is 2.22. The normalized spacial score (nSPS) is 11.6. The molecule has 13 heteroatoms. The van der Waals surface area contributed by atoms with Crippen LogP contribution in [0.1, 0.15) is 122 Å². The third kappa shape index (κ3) is 23.2. The van der Waals surface area contributed by atoms with Crippen molar-refractivity contribution in [3.8, 4) is 23.5 Å². The number of nitrogens with one attached hydrogen (secondary N) is 4. The lowest BCUT2D eigenvalue weighted by Crippen LogP contribution is -2.25. The minimum absolute atomic E-state index is 0.0625. The van der Waals surface area contributed by atoms with Gasteiger partial charge in [-0.25, -0.2) is 10.9 Å². The van der Waals surface area contributed by atoms with E-state index in [1.807, 2.05) is 153 Å². The number of hydrogen-bond acceptors (Lipinski definition) is 9. The molecule has 0 radical (unpaired) electrons. The molecule has 1 unspecified atom stereocenters. The van der Waals surface area contributed by atoms with Gasteiger partial charge in [-0.1, -0.05) is 417 Å². The van der Waals surface area contributed by atoms with Crippen molar-refractivity contribution in [2.45, 2.75) is 19.5 Å². The van der Waals surface area contributed by atoms with Crippen LogP contribution < -0.4 is 16.2 Å². The number of benzene rings is 16. The van der Waals surface area contributed by atoms with Crippen LogP contribution in [0.4, 0.5) is 0 Å². The van der Waals surface area contributed by atoms with E-state index < -0.39 is 0 Å². The lowest BCUT2D eigenvalue weighted by Gasteiger charge is -2.19. The Morgan fingerprint density at radius 1 is 0.325 bits per heavy atom. The monoisotopic (exact) mass is 1780 g/mol. The molecule has 2 heterocycles. The van der Waals surface area contributed by atoms with Crippen LogP contribution in [0.15, 0.2) is 450 Å². The van der Waals surface area contributed by atoms with Gasteiger partial charge in [-0.2, -0.15) is 15.7 Å². The first-order valence-electron chi connectivity index (χ1n) is 40.2. The Morgan fingerprint density at radius 3 is 0.862 bits per heavy atom. The molecule has 17 aromatic rings. The molecule has 0 saturated carbocycles. The number of aryl methyl sites for hydroxylation is 1. The van der Waals surface area contributed by atoms with Crippen molar-refractivity contribution in [2.24, 2.45) is 0 Å². The smallest absolute Gasteiger partial charge is 0.204 e. The highest BCUT2D eigenvalue weighted by Crippen LogP contribution is 2.42. The third-order valence-electron chi connectivity index (χ3n) is 20.5. The number of tetrazole rings is 1. The second kappa shape index (κ2) is 43.7. The van der Waals surface area contributed by atoms with Gasteiger partial charge in [0.1, 0.15) is 0 Å².